The molecule has 0 aromatic heterocycles. The Morgan fingerprint density at radius 2 is 2.33 bits per heavy atom. The lowest BCUT2D eigenvalue weighted by atomic mass is 10.1. The minimum atomic E-state index is 0.223. The van der Waals surface area contributed by atoms with E-state index in [1.54, 1.807) is 0 Å². The lowest BCUT2D eigenvalue weighted by Crippen LogP contribution is -2.13. The third-order valence-corrected chi connectivity index (χ3v) is 2.66. The first-order valence-electron chi connectivity index (χ1n) is 5.68. The fraction of sp³-hybridized carbons (Fsp3) is 0.615. The van der Waals surface area contributed by atoms with Gasteiger partial charge in [0.25, 0.3) is 0 Å². The molecule has 0 aromatic carbocycles. The maximum absolute atomic E-state index is 11.3. The maximum atomic E-state index is 11.3. The molecule has 0 bridgehead atoms. The van der Waals surface area contributed by atoms with Gasteiger partial charge in [0.1, 0.15) is 6.61 Å². The van der Waals surface area contributed by atoms with Crippen LogP contribution in [0, 0.1) is 5.92 Å². The van der Waals surface area contributed by atoms with Crippen LogP contribution in [-0.2, 0) is 9.53 Å². The molecule has 0 N–H and O–H groups in total. The van der Waals surface area contributed by atoms with Gasteiger partial charge >= 0.3 is 0 Å². The zero-order valence-corrected chi connectivity index (χ0v) is 9.66. The van der Waals surface area contributed by atoms with Gasteiger partial charge in [-0.15, -0.1) is 0 Å². The largest absolute Gasteiger partial charge is 0.373 e. The number of hydrogen-bond donors (Lipinski definition) is 0. The Balaban J connectivity index is 2.08. The van der Waals surface area contributed by atoms with E-state index in [9.17, 15) is 4.79 Å². The molecule has 0 spiro atoms. The van der Waals surface area contributed by atoms with E-state index < -0.39 is 0 Å². The van der Waals surface area contributed by atoms with E-state index in [1.807, 2.05) is 6.08 Å². The Morgan fingerprint density at radius 1 is 1.53 bits per heavy atom. The summed E-state index contributed by atoms with van der Waals surface area (Å²) >= 11 is 0. The van der Waals surface area contributed by atoms with Gasteiger partial charge in [0.05, 0.1) is 6.61 Å². The van der Waals surface area contributed by atoms with Gasteiger partial charge in [-0.05, 0) is 13.3 Å². The number of rotatable bonds is 7. The second-order valence-corrected chi connectivity index (χ2v) is 4.06. The van der Waals surface area contributed by atoms with Crippen LogP contribution in [0.2, 0.25) is 0 Å². The zero-order chi connectivity index (χ0) is 11.1. The van der Waals surface area contributed by atoms with E-state index in [2.05, 4.69) is 26.0 Å². The molecule has 0 radical (unpaired) electrons. The summed E-state index contributed by atoms with van der Waals surface area (Å²) in [6, 6.07) is 0. The molecule has 1 rings (SSSR count). The predicted molar refractivity (Wildman–Crippen MR) is 61.7 cm³/mol. The molecule has 0 amide bonds. The van der Waals surface area contributed by atoms with Crippen LogP contribution in [0.4, 0.5) is 0 Å². The number of Topliss-reactive ketones (excluding diaryl/α,β-unsaturated/α-hetero) is 1. The van der Waals surface area contributed by atoms with Gasteiger partial charge < -0.3 is 4.74 Å². The Bertz CT molecular complexity index is 264. The van der Waals surface area contributed by atoms with E-state index in [1.165, 1.54) is 5.57 Å². The third kappa shape index (κ3) is 4.43. The molecule has 0 saturated carbocycles. The number of allylic oxidation sites excluding steroid dienone is 2. The number of ketones is 1. The van der Waals surface area contributed by atoms with Crippen LogP contribution in [0.1, 0.15) is 33.1 Å². The quantitative estimate of drug-likeness (QED) is 0.643. The summed E-state index contributed by atoms with van der Waals surface area (Å²) in [6.07, 6.45) is 8.95. The van der Waals surface area contributed by atoms with Crippen molar-refractivity contribution >= 4 is 5.78 Å². The van der Waals surface area contributed by atoms with Crippen molar-refractivity contribution in [2.24, 2.45) is 5.92 Å². The molecule has 1 aliphatic rings. The van der Waals surface area contributed by atoms with E-state index in [4.69, 9.17) is 4.74 Å². The standard InChI is InChI=1S/C13H20O2/c1-3-4-8-13(14)10-15-9-12-7-5-6-11(12)2/h5-7,12H,3-4,8-10H2,1-2H3. The first-order valence-corrected chi connectivity index (χ1v) is 5.68. The molecule has 0 aliphatic heterocycles. The van der Waals surface area contributed by atoms with Crippen molar-refractivity contribution in [3.05, 3.63) is 23.8 Å². The summed E-state index contributed by atoms with van der Waals surface area (Å²) in [6.45, 7) is 5.09. The molecule has 0 saturated heterocycles. The van der Waals surface area contributed by atoms with Gasteiger partial charge in [-0.25, -0.2) is 0 Å². The SMILES string of the molecule is CCCCC(=O)COCC1C=CC=C1C. The van der Waals surface area contributed by atoms with E-state index in [0.717, 1.165) is 12.8 Å². The molecule has 1 aliphatic carbocycles. The topological polar surface area (TPSA) is 26.3 Å². The van der Waals surface area contributed by atoms with Crippen molar-refractivity contribution in [3.8, 4) is 0 Å². The molecule has 0 heterocycles. The van der Waals surface area contributed by atoms with Crippen molar-refractivity contribution in [3.63, 3.8) is 0 Å². The van der Waals surface area contributed by atoms with Crippen LogP contribution in [-0.4, -0.2) is 19.0 Å². The van der Waals surface area contributed by atoms with Gasteiger partial charge in [0.2, 0.25) is 0 Å². The zero-order valence-electron chi connectivity index (χ0n) is 9.66. The van der Waals surface area contributed by atoms with Crippen LogP contribution < -0.4 is 0 Å². The minimum Gasteiger partial charge on any atom is -0.373 e. The fourth-order valence-corrected chi connectivity index (χ4v) is 1.55. The highest BCUT2D eigenvalue weighted by molar-refractivity contribution is 5.79. The Labute approximate surface area is 92.0 Å². The molecule has 0 aromatic rings. The number of carbonyl (C=O) groups excluding carboxylic acids is 1. The summed E-state index contributed by atoms with van der Waals surface area (Å²) in [5.74, 6) is 0.601. The minimum absolute atomic E-state index is 0.223. The number of ether oxygens (including phenoxy) is 1. The number of hydrogen-bond acceptors (Lipinski definition) is 2. The van der Waals surface area contributed by atoms with Gasteiger partial charge in [-0.2, -0.15) is 0 Å². The van der Waals surface area contributed by atoms with Crippen molar-refractivity contribution in [2.75, 3.05) is 13.2 Å². The van der Waals surface area contributed by atoms with E-state index in [0.29, 0.717) is 18.9 Å². The summed E-state index contributed by atoms with van der Waals surface area (Å²) < 4.78 is 5.41. The molecule has 84 valence electrons. The molecule has 15 heavy (non-hydrogen) atoms. The van der Waals surface area contributed by atoms with Crippen LogP contribution in [0.5, 0.6) is 0 Å². The van der Waals surface area contributed by atoms with Crippen molar-refractivity contribution in [1.82, 2.24) is 0 Å². The average Bonchev–Trinajstić information content (AvgIpc) is 2.61. The van der Waals surface area contributed by atoms with Gasteiger partial charge in [-0.1, -0.05) is 37.1 Å². The van der Waals surface area contributed by atoms with Crippen molar-refractivity contribution in [2.45, 2.75) is 33.1 Å². The fourth-order valence-electron chi connectivity index (χ4n) is 1.55. The number of carbonyl (C=O) groups is 1. The molecule has 2 heteroatoms. The highest BCUT2D eigenvalue weighted by Crippen LogP contribution is 2.18. The molecular weight excluding hydrogens is 188 g/mol. The molecule has 2 nitrogen and oxygen atoms in total. The van der Waals surface area contributed by atoms with Crippen LogP contribution >= 0.6 is 0 Å². The Morgan fingerprint density at radius 3 is 2.93 bits per heavy atom. The maximum Gasteiger partial charge on any atom is 0.158 e. The monoisotopic (exact) mass is 208 g/mol. The van der Waals surface area contributed by atoms with Crippen LogP contribution in [0.3, 0.4) is 0 Å². The highest BCUT2D eigenvalue weighted by Gasteiger charge is 2.11. The smallest absolute Gasteiger partial charge is 0.158 e. The summed E-state index contributed by atoms with van der Waals surface area (Å²) in [4.78, 5) is 11.3. The molecule has 0 fully saturated rings. The summed E-state index contributed by atoms with van der Waals surface area (Å²) in [5.41, 5.74) is 1.32. The second-order valence-electron chi connectivity index (χ2n) is 4.06. The van der Waals surface area contributed by atoms with Gasteiger partial charge in [0, 0.05) is 12.3 Å². The van der Waals surface area contributed by atoms with E-state index >= 15 is 0 Å². The molecular formula is C13H20O2. The molecule has 1 unspecified atom stereocenters. The first-order chi connectivity index (χ1) is 7.24. The highest BCUT2D eigenvalue weighted by atomic mass is 16.5. The lowest BCUT2D eigenvalue weighted by molar-refractivity contribution is -0.123. The van der Waals surface area contributed by atoms with Crippen molar-refractivity contribution in [1.29, 1.82) is 0 Å². The average molecular weight is 208 g/mol. The second kappa shape index (κ2) is 6.57. The summed E-state index contributed by atoms with van der Waals surface area (Å²) in [7, 11) is 0. The Hall–Kier alpha value is -0.890. The normalized spacial score (nSPS) is 19.3. The Kier molecular flexibility index (Phi) is 5.33. The lowest BCUT2D eigenvalue weighted by Gasteiger charge is -2.10. The van der Waals surface area contributed by atoms with Gasteiger partial charge in [-0.3, -0.25) is 4.79 Å². The van der Waals surface area contributed by atoms with E-state index in [-0.39, 0.29) is 12.4 Å². The van der Waals surface area contributed by atoms with Crippen LogP contribution in [0.15, 0.2) is 23.8 Å². The third-order valence-electron chi connectivity index (χ3n) is 2.66. The van der Waals surface area contributed by atoms with Gasteiger partial charge in [0.15, 0.2) is 5.78 Å². The van der Waals surface area contributed by atoms with Crippen molar-refractivity contribution < 1.29 is 9.53 Å². The van der Waals surface area contributed by atoms with Crippen LogP contribution in [0.25, 0.3) is 0 Å². The summed E-state index contributed by atoms with van der Waals surface area (Å²) in [5, 5.41) is 0. The predicted octanol–water partition coefficient (Wildman–Crippen LogP) is 2.89. The molecule has 1 atom stereocenters. The number of unbranched alkanes of at least 4 members (excludes halogenated alkanes) is 1. The first kappa shape index (κ1) is 12.2.